The van der Waals surface area contributed by atoms with Crippen molar-refractivity contribution in [2.75, 3.05) is 19.5 Å². The van der Waals surface area contributed by atoms with Crippen LogP contribution >= 0.6 is 0 Å². The van der Waals surface area contributed by atoms with E-state index in [1.165, 1.54) is 26.5 Å². The molecule has 0 fully saturated rings. The van der Waals surface area contributed by atoms with E-state index < -0.39 is 17.8 Å². The minimum absolute atomic E-state index is 0.226. The monoisotopic (exact) mass is 447 g/mol. The van der Waals surface area contributed by atoms with Gasteiger partial charge in [-0.1, -0.05) is 30.3 Å². The molecular weight excluding hydrogens is 426 g/mol. The van der Waals surface area contributed by atoms with E-state index in [0.717, 1.165) is 0 Å². The van der Waals surface area contributed by atoms with Crippen LogP contribution in [0.3, 0.4) is 0 Å². The summed E-state index contributed by atoms with van der Waals surface area (Å²) in [5.74, 6) is -1.45. The molecule has 0 aliphatic rings. The van der Waals surface area contributed by atoms with Crippen LogP contribution in [0.1, 0.15) is 15.9 Å². The molecule has 0 atom stereocenters. The topological polar surface area (TPSA) is 115 Å². The van der Waals surface area contributed by atoms with E-state index in [-0.39, 0.29) is 5.75 Å². The lowest BCUT2D eigenvalue weighted by Gasteiger charge is -2.10. The Kier molecular flexibility index (Phi) is 7.74. The lowest BCUT2D eigenvalue weighted by molar-refractivity contribution is -0.136. The number of ether oxygens (including phenoxy) is 3. The van der Waals surface area contributed by atoms with Crippen LogP contribution < -0.4 is 25.0 Å². The van der Waals surface area contributed by atoms with Crippen LogP contribution in [0.25, 0.3) is 0 Å². The van der Waals surface area contributed by atoms with Crippen molar-refractivity contribution in [3.05, 3.63) is 83.9 Å². The minimum atomic E-state index is -0.961. The van der Waals surface area contributed by atoms with Crippen molar-refractivity contribution in [2.24, 2.45) is 5.10 Å². The van der Waals surface area contributed by atoms with Crippen LogP contribution in [-0.2, 0) is 9.59 Å². The molecule has 2 N–H and O–H groups in total. The van der Waals surface area contributed by atoms with E-state index in [0.29, 0.717) is 28.3 Å². The smallest absolute Gasteiger partial charge is 0.343 e. The molecule has 168 valence electrons. The zero-order chi connectivity index (χ0) is 23.6. The Morgan fingerprint density at radius 2 is 1.48 bits per heavy atom. The third-order valence-corrected chi connectivity index (χ3v) is 4.34. The van der Waals surface area contributed by atoms with Crippen LogP contribution in [-0.4, -0.2) is 38.2 Å². The first kappa shape index (κ1) is 23.0. The summed E-state index contributed by atoms with van der Waals surface area (Å²) in [6.07, 6.45) is 1.32. The number of para-hydroxylation sites is 2. The van der Waals surface area contributed by atoms with Gasteiger partial charge in [0.2, 0.25) is 0 Å². The molecule has 3 aromatic rings. The maximum absolute atomic E-state index is 12.3. The van der Waals surface area contributed by atoms with Crippen LogP contribution in [0.4, 0.5) is 5.69 Å². The number of carbonyl (C=O) groups is 3. The van der Waals surface area contributed by atoms with Gasteiger partial charge in [0.25, 0.3) is 0 Å². The van der Waals surface area contributed by atoms with Gasteiger partial charge in [0.15, 0.2) is 11.5 Å². The highest BCUT2D eigenvalue weighted by Gasteiger charge is 2.15. The summed E-state index contributed by atoms with van der Waals surface area (Å²) in [5.41, 5.74) is 3.44. The molecule has 0 aliphatic carbocycles. The van der Waals surface area contributed by atoms with E-state index in [4.69, 9.17) is 14.2 Å². The van der Waals surface area contributed by atoms with Gasteiger partial charge in [-0.3, -0.25) is 9.59 Å². The Morgan fingerprint density at radius 3 is 2.21 bits per heavy atom. The summed E-state index contributed by atoms with van der Waals surface area (Å²) in [5, 5.41) is 6.23. The van der Waals surface area contributed by atoms with Crippen molar-refractivity contribution in [3.63, 3.8) is 0 Å². The predicted octanol–water partition coefficient (Wildman–Crippen LogP) is 3.01. The molecule has 9 nitrogen and oxygen atoms in total. The summed E-state index contributed by atoms with van der Waals surface area (Å²) in [6, 6.07) is 20.0. The fourth-order valence-electron chi connectivity index (χ4n) is 2.73. The molecule has 0 unspecified atom stereocenters. The number of hydrazone groups is 1. The summed E-state index contributed by atoms with van der Waals surface area (Å²) < 4.78 is 15.8. The van der Waals surface area contributed by atoms with Gasteiger partial charge in [-0.25, -0.2) is 10.2 Å². The molecule has 0 heterocycles. The number of hydrogen-bond donors (Lipinski definition) is 2. The molecule has 0 aliphatic heterocycles. The second-order valence-electron chi connectivity index (χ2n) is 6.52. The van der Waals surface area contributed by atoms with E-state index in [2.05, 4.69) is 15.8 Å². The lowest BCUT2D eigenvalue weighted by atomic mass is 10.2. The normalized spacial score (nSPS) is 10.4. The molecule has 3 rings (SSSR count). The number of amides is 2. The van der Waals surface area contributed by atoms with Crippen LogP contribution in [0.5, 0.6) is 17.2 Å². The SMILES string of the molecule is COc1ccccc1NC(=O)C(=O)N/N=C/c1ccc(OC(=O)c2ccccc2)c(OC)c1. The molecule has 0 saturated heterocycles. The van der Waals surface area contributed by atoms with Crippen molar-refractivity contribution in [1.82, 2.24) is 5.43 Å². The number of rotatable bonds is 7. The molecule has 0 spiro atoms. The van der Waals surface area contributed by atoms with Gasteiger partial charge in [-0.05, 0) is 48.0 Å². The van der Waals surface area contributed by atoms with Gasteiger partial charge in [0, 0.05) is 0 Å². The van der Waals surface area contributed by atoms with Crippen LogP contribution in [0, 0.1) is 0 Å². The number of anilines is 1. The zero-order valence-electron chi connectivity index (χ0n) is 17.9. The Balaban J connectivity index is 1.61. The fraction of sp³-hybridized carbons (Fsp3) is 0.0833. The Labute approximate surface area is 190 Å². The standard InChI is InChI=1S/C24H21N3O6/c1-31-19-11-7-6-10-18(19)26-22(28)23(29)27-25-15-16-12-13-20(21(14-16)32-2)33-24(30)17-8-4-3-5-9-17/h3-15H,1-2H3,(H,26,28)(H,27,29)/b25-15+. The van der Waals surface area contributed by atoms with E-state index in [9.17, 15) is 14.4 Å². The fourth-order valence-corrected chi connectivity index (χ4v) is 2.73. The zero-order valence-corrected chi connectivity index (χ0v) is 17.9. The van der Waals surface area contributed by atoms with Gasteiger partial charge in [-0.2, -0.15) is 5.10 Å². The van der Waals surface area contributed by atoms with Crippen molar-refractivity contribution in [1.29, 1.82) is 0 Å². The minimum Gasteiger partial charge on any atom is -0.495 e. The van der Waals surface area contributed by atoms with E-state index >= 15 is 0 Å². The summed E-state index contributed by atoms with van der Waals surface area (Å²) in [4.78, 5) is 36.3. The maximum Gasteiger partial charge on any atom is 0.343 e. The first-order valence-corrected chi connectivity index (χ1v) is 9.74. The number of benzene rings is 3. The van der Waals surface area contributed by atoms with Crippen LogP contribution in [0.15, 0.2) is 77.9 Å². The molecule has 0 radical (unpaired) electrons. The highest BCUT2D eigenvalue weighted by molar-refractivity contribution is 6.39. The Morgan fingerprint density at radius 1 is 0.788 bits per heavy atom. The number of carbonyl (C=O) groups excluding carboxylic acids is 3. The average molecular weight is 447 g/mol. The molecule has 2 amide bonds. The van der Waals surface area contributed by atoms with Gasteiger partial charge in [-0.15, -0.1) is 0 Å². The number of hydrogen-bond acceptors (Lipinski definition) is 7. The number of nitrogens with zero attached hydrogens (tertiary/aromatic N) is 1. The molecule has 9 heteroatoms. The van der Waals surface area contributed by atoms with Crippen molar-refractivity contribution in [2.45, 2.75) is 0 Å². The van der Waals surface area contributed by atoms with Crippen molar-refractivity contribution in [3.8, 4) is 17.2 Å². The molecule has 0 bridgehead atoms. The molecule has 33 heavy (non-hydrogen) atoms. The summed E-state index contributed by atoms with van der Waals surface area (Å²) >= 11 is 0. The first-order chi connectivity index (χ1) is 16.0. The summed E-state index contributed by atoms with van der Waals surface area (Å²) in [7, 11) is 2.89. The number of esters is 1. The maximum atomic E-state index is 12.3. The predicted molar refractivity (Wildman–Crippen MR) is 122 cm³/mol. The third kappa shape index (κ3) is 6.17. The first-order valence-electron chi connectivity index (χ1n) is 9.74. The largest absolute Gasteiger partial charge is 0.495 e. The third-order valence-electron chi connectivity index (χ3n) is 4.34. The van der Waals surface area contributed by atoms with E-state index in [1.54, 1.807) is 66.7 Å². The van der Waals surface area contributed by atoms with E-state index in [1.807, 2.05) is 0 Å². The Hall–Kier alpha value is -4.66. The van der Waals surface area contributed by atoms with Gasteiger partial charge >= 0.3 is 17.8 Å². The lowest BCUT2D eigenvalue weighted by Crippen LogP contribution is -2.32. The van der Waals surface area contributed by atoms with Gasteiger partial charge < -0.3 is 19.5 Å². The molecular formula is C24H21N3O6. The Bertz CT molecular complexity index is 1180. The second-order valence-corrected chi connectivity index (χ2v) is 6.52. The average Bonchev–Trinajstić information content (AvgIpc) is 2.85. The molecule has 0 aromatic heterocycles. The molecule has 0 saturated carbocycles. The summed E-state index contributed by atoms with van der Waals surface area (Å²) in [6.45, 7) is 0. The van der Waals surface area contributed by atoms with Crippen molar-refractivity contribution < 1.29 is 28.6 Å². The van der Waals surface area contributed by atoms with Gasteiger partial charge in [0.05, 0.1) is 31.7 Å². The quantitative estimate of drug-likeness (QED) is 0.189. The van der Waals surface area contributed by atoms with Crippen molar-refractivity contribution >= 4 is 29.7 Å². The highest BCUT2D eigenvalue weighted by atomic mass is 16.6. The number of nitrogens with one attached hydrogen (secondary N) is 2. The van der Waals surface area contributed by atoms with Crippen LogP contribution in [0.2, 0.25) is 0 Å². The number of methoxy groups -OCH3 is 2. The highest BCUT2D eigenvalue weighted by Crippen LogP contribution is 2.28. The second kappa shape index (κ2) is 11.1. The molecule has 3 aromatic carbocycles. The van der Waals surface area contributed by atoms with Gasteiger partial charge in [0.1, 0.15) is 5.75 Å².